The smallest absolute Gasteiger partial charge is 0.164 e. The zero-order chi connectivity index (χ0) is 30.3. The van der Waals surface area contributed by atoms with E-state index >= 15 is 0 Å². The molecule has 0 fully saturated rings. The second-order valence-electron chi connectivity index (χ2n) is 10.8. The molecule has 5 aromatic carbocycles. The third-order valence-electron chi connectivity index (χ3n) is 8.10. The second-order valence-corrected chi connectivity index (χ2v) is 10.8. The van der Waals surface area contributed by atoms with Crippen molar-refractivity contribution in [3.63, 3.8) is 0 Å². The maximum absolute atomic E-state index is 6.41. The number of hydrogen-bond donors (Lipinski definition) is 0. The van der Waals surface area contributed by atoms with Crippen molar-refractivity contribution in [2.45, 2.75) is 0 Å². The largest absolute Gasteiger partial charge is 0.456 e. The SMILES string of the molecule is C=C/C=C(\C=C)c1nc(-c2ccccc2)nc(-c2ccc3oc4cccc(-c5cccc6ccc7cccnc7c56)c4c3c2)n1. The molecule has 0 saturated heterocycles. The molecule has 8 rings (SSSR count). The van der Waals surface area contributed by atoms with Gasteiger partial charge in [-0.25, -0.2) is 15.0 Å². The molecule has 0 bridgehead atoms. The van der Waals surface area contributed by atoms with Crippen LogP contribution < -0.4 is 0 Å². The van der Waals surface area contributed by atoms with Crippen molar-refractivity contribution in [3.05, 3.63) is 153 Å². The molecule has 0 amide bonds. The Morgan fingerprint density at radius 3 is 2.20 bits per heavy atom. The van der Waals surface area contributed by atoms with E-state index in [0.717, 1.165) is 71.4 Å². The second kappa shape index (κ2) is 10.8. The predicted molar refractivity (Wildman–Crippen MR) is 185 cm³/mol. The Morgan fingerprint density at radius 1 is 0.622 bits per heavy atom. The molecule has 45 heavy (non-hydrogen) atoms. The highest BCUT2D eigenvalue weighted by molar-refractivity contribution is 6.19. The minimum atomic E-state index is 0.529. The molecule has 0 saturated carbocycles. The minimum Gasteiger partial charge on any atom is -0.456 e. The maximum Gasteiger partial charge on any atom is 0.164 e. The van der Waals surface area contributed by atoms with Crippen LogP contribution in [-0.4, -0.2) is 19.9 Å². The van der Waals surface area contributed by atoms with Crippen LogP contribution in [0.5, 0.6) is 0 Å². The Labute approximate surface area is 259 Å². The molecule has 0 N–H and O–H groups in total. The number of allylic oxidation sites excluding steroid dienone is 4. The molecule has 0 spiro atoms. The highest BCUT2D eigenvalue weighted by Gasteiger charge is 2.18. The van der Waals surface area contributed by atoms with Crippen molar-refractivity contribution in [3.8, 4) is 33.9 Å². The molecule has 5 nitrogen and oxygen atoms in total. The molecule has 3 aromatic heterocycles. The monoisotopic (exact) mass is 578 g/mol. The Hall–Kier alpha value is -6.20. The van der Waals surface area contributed by atoms with Crippen molar-refractivity contribution < 1.29 is 4.42 Å². The maximum atomic E-state index is 6.41. The van der Waals surface area contributed by atoms with Crippen LogP contribution in [0.4, 0.5) is 0 Å². The first-order chi connectivity index (χ1) is 22.2. The lowest BCUT2D eigenvalue weighted by Gasteiger charge is -2.11. The molecule has 3 heterocycles. The van der Waals surface area contributed by atoms with Crippen LogP contribution >= 0.6 is 0 Å². The summed E-state index contributed by atoms with van der Waals surface area (Å²) in [5.74, 6) is 1.67. The van der Waals surface area contributed by atoms with Gasteiger partial charge in [0.15, 0.2) is 17.5 Å². The quantitative estimate of drug-likeness (QED) is 0.145. The summed E-state index contributed by atoms with van der Waals surface area (Å²) in [6.07, 6.45) is 7.15. The van der Waals surface area contributed by atoms with Gasteiger partial charge in [0, 0.05) is 44.4 Å². The predicted octanol–water partition coefficient (Wildman–Crippen LogP) is 10.2. The van der Waals surface area contributed by atoms with Gasteiger partial charge in [-0.3, -0.25) is 4.98 Å². The van der Waals surface area contributed by atoms with E-state index in [0.29, 0.717) is 17.5 Å². The Morgan fingerprint density at radius 2 is 1.38 bits per heavy atom. The van der Waals surface area contributed by atoms with Gasteiger partial charge in [-0.1, -0.05) is 110 Å². The molecule has 0 aliphatic rings. The number of pyridine rings is 1. The number of nitrogens with zero attached hydrogens (tertiary/aromatic N) is 4. The first-order valence-electron chi connectivity index (χ1n) is 14.7. The third-order valence-corrected chi connectivity index (χ3v) is 8.10. The number of furan rings is 1. The van der Waals surface area contributed by atoms with Crippen LogP contribution in [-0.2, 0) is 0 Å². The standard InChI is InChI=1S/C40H26N4O/c1-3-11-25(4-2)38-42-39(28-12-6-5-7-13-28)44-40(43-38)29-21-22-33-32(24-29)36-31(17-9-18-34(36)45-33)30-16-8-14-26-19-20-27-15-10-23-41-37(27)35(26)30/h3-24H,1-2H2/b25-11+. The number of benzene rings is 5. The molecule has 8 aromatic rings. The van der Waals surface area contributed by atoms with E-state index in [2.05, 4.69) is 61.7 Å². The summed E-state index contributed by atoms with van der Waals surface area (Å²) in [4.78, 5) is 19.4. The molecule has 5 heteroatoms. The fourth-order valence-corrected chi connectivity index (χ4v) is 6.04. The van der Waals surface area contributed by atoms with Crippen molar-refractivity contribution >= 4 is 49.2 Å². The summed E-state index contributed by atoms with van der Waals surface area (Å²) < 4.78 is 6.41. The highest BCUT2D eigenvalue weighted by Crippen LogP contribution is 2.41. The lowest BCUT2D eigenvalue weighted by Crippen LogP contribution is -2.02. The Kier molecular flexibility index (Phi) is 6.35. The van der Waals surface area contributed by atoms with Crippen LogP contribution in [0, 0.1) is 0 Å². The molecule has 0 radical (unpaired) electrons. The molecule has 0 aliphatic heterocycles. The topological polar surface area (TPSA) is 64.7 Å². The summed E-state index contributed by atoms with van der Waals surface area (Å²) in [5, 5.41) is 5.38. The van der Waals surface area contributed by atoms with Gasteiger partial charge in [-0.2, -0.15) is 0 Å². The fourth-order valence-electron chi connectivity index (χ4n) is 6.04. The molecule has 0 unspecified atom stereocenters. The van der Waals surface area contributed by atoms with Gasteiger partial charge < -0.3 is 4.42 Å². The van der Waals surface area contributed by atoms with Gasteiger partial charge in [0.2, 0.25) is 0 Å². The number of aromatic nitrogens is 4. The van der Waals surface area contributed by atoms with Gasteiger partial charge in [0.05, 0.1) is 5.52 Å². The van der Waals surface area contributed by atoms with Crippen LogP contribution in [0.15, 0.2) is 151 Å². The zero-order valence-electron chi connectivity index (χ0n) is 24.3. The van der Waals surface area contributed by atoms with Crippen LogP contribution in [0.1, 0.15) is 5.82 Å². The summed E-state index contributed by atoms with van der Waals surface area (Å²) in [6.45, 7) is 7.83. The normalized spacial score (nSPS) is 11.9. The van der Waals surface area contributed by atoms with E-state index in [1.54, 1.807) is 12.2 Å². The Balaban J connectivity index is 1.38. The Bertz CT molecular complexity index is 2470. The first kappa shape index (κ1) is 26.4. The van der Waals surface area contributed by atoms with Crippen molar-refractivity contribution in [1.82, 2.24) is 19.9 Å². The van der Waals surface area contributed by atoms with E-state index in [4.69, 9.17) is 24.4 Å². The average Bonchev–Trinajstić information content (AvgIpc) is 3.48. The number of hydrogen-bond acceptors (Lipinski definition) is 5. The van der Waals surface area contributed by atoms with Gasteiger partial charge >= 0.3 is 0 Å². The van der Waals surface area contributed by atoms with Gasteiger partial charge in [0.25, 0.3) is 0 Å². The van der Waals surface area contributed by atoms with Crippen LogP contribution in [0.2, 0.25) is 0 Å². The number of fused-ring (bicyclic) bond motifs is 6. The van der Waals surface area contributed by atoms with Crippen LogP contribution in [0.3, 0.4) is 0 Å². The molecule has 212 valence electrons. The van der Waals surface area contributed by atoms with Crippen molar-refractivity contribution in [1.29, 1.82) is 0 Å². The van der Waals surface area contributed by atoms with Gasteiger partial charge in [-0.05, 0) is 46.8 Å². The summed E-state index contributed by atoms with van der Waals surface area (Å²) >= 11 is 0. The van der Waals surface area contributed by atoms with E-state index in [1.807, 2.05) is 72.9 Å². The molecular weight excluding hydrogens is 552 g/mol. The lowest BCUT2D eigenvalue weighted by atomic mass is 9.93. The van der Waals surface area contributed by atoms with E-state index < -0.39 is 0 Å². The average molecular weight is 579 g/mol. The van der Waals surface area contributed by atoms with Crippen molar-refractivity contribution in [2.75, 3.05) is 0 Å². The molecule has 0 atom stereocenters. The number of rotatable bonds is 6. The first-order valence-corrected chi connectivity index (χ1v) is 14.7. The van der Waals surface area contributed by atoms with E-state index in [9.17, 15) is 0 Å². The fraction of sp³-hybridized carbons (Fsp3) is 0. The van der Waals surface area contributed by atoms with Gasteiger partial charge in [-0.15, -0.1) is 0 Å². The van der Waals surface area contributed by atoms with Crippen molar-refractivity contribution in [2.24, 2.45) is 0 Å². The summed E-state index contributed by atoms with van der Waals surface area (Å²) in [5.41, 5.74) is 7.29. The highest BCUT2D eigenvalue weighted by atomic mass is 16.3. The van der Waals surface area contributed by atoms with E-state index in [-0.39, 0.29) is 0 Å². The van der Waals surface area contributed by atoms with Gasteiger partial charge in [0.1, 0.15) is 11.2 Å². The van der Waals surface area contributed by atoms with E-state index in [1.165, 1.54) is 0 Å². The molecule has 0 aliphatic carbocycles. The van der Waals surface area contributed by atoms with Crippen LogP contribution in [0.25, 0.3) is 83.1 Å². The lowest BCUT2D eigenvalue weighted by molar-refractivity contribution is 0.669. The minimum absolute atomic E-state index is 0.529. The molecular formula is C40H26N4O. The zero-order valence-corrected chi connectivity index (χ0v) is 24.3. The third kappa shape index (κ3) is 4.50. The summed E-state index contributed by atoms with van der Waals surface area (Å²) in [7, 11) is 0. The summed E-state index contributed by atoms with van der Waals surface area (Å²) in [6, 6.07) is 37.0.